The number of aromatic nitrogens is 1. The van der Waals surface area contributed by atoms with E-state index < -0.39 is 0 Å². The van der Waals surface area contributed by atoms with Gasteiger partial charge in [0.15, 0.2) is 11.5 Å². The van der Waals surface area contributed by atoms with E-state index in [0.29, 0.717) is 54.5 Å². The minimum Gasteiger partial charge on any atom is -0.493 e. The monoisotopic (exact) mass is 486 g/mol. The smallest absolute Gasteiger partial charge is 0.225 e. The molecule has 1 aliphatic carbocycles. The second-order valence-corrected chi connectivity index (χ2v) is 9.37. The lowest BCUT2D eigenvalue weighted by molar-refractivity contribution is -0.119. The van der Waals surface area contributed by atoms with Gasteiger partial charge in [-0.05, 0) is 48.4 Å². The minimum absolute atomic E-state index is 0.0340. The van der Waals surface area contributed by atoms with Crippen LogP contribution >= 0.6 is 0 Å². The molecule has 3 heterocycles. The van der Waals surface area contributed by atoms with Crippen molar-refractivity contribution in [2.75, 3.05) is 19.5 Å². The highest BCUT2D eigenvalue weighted by molar-refractivity contribution is 5.93. The Morgan fingerprint density at radius 1 is 1.06 bits per heavy atom. The van der Waals surface area contributed by atoms with Crippen molar-refractivity contribution in [2.24, 2.45) is 5.92 Å². The van der Waals surface area contributed by atoms with Gasteiger partial charge >= 0.3 is 0 Å². The van der Waals surface area contributed by atoms with Crippen molar-refractivity contribution in [3.8, 4) is 28.7 Å². The Morgan fingerprint density at radius 2 is 1.92 bits per heavy atom. The molecule has 3 atom stereocenters. The highest BCUT2D eigenvalue weighted by atomic mass is 16.5. The molecule has 1 saturated carbocycles. The van der Waals surface area contributed by atoms with Crippen molar-refractivity contribution < 1.29 is 28.5 Å². The summed E-state index contributed by atoms with van der Waals surface area (Å²) in [5.74, 6) is 4.57. The molecule has 1 fully saturated rings. The van der Waals surface area contributed by atoms with Crippen LogP contribution in [0, 0.1) is 5.92 Å². The predicted octanol–water partition coefficient (Wildman–Crippen LogP) is 4.45. The number of nitrogens with one attached hydrogen (secondary N) is 1. The summed E-state index contributed by atoms with van der Waals surface area (Å²) < 4.78 is 22.9. The molecule has 1 N–H and O–H groups in total. The van der Waals surface area contributed by atoms with Crippen LogP contribution in [-0.4, -0.2) is 37.0 Å². The second kappa shape index (κ2) is 8.86. The van der Waals surface area contributed by atoms with Gasteiger partial charge in [-0.2, -0.15) is 0 Å². The van der Waals surface area contributed by atoms with Gasteiger partial charge in [0.2, 0.25) is 5.91 Å². The second-order valence-electron chi connectivity index (χ2n) is 9.37. The van der Waals surface area contributed by atoms with E-state index in [1.165, 1.54) is 0 Å². The molecule has 8 heteroatoms. The lowest BCUT2D eigenvalue weighted by Crippen LogP contribution is -2.20. The Labute approximate surface area is 208 Å². The molecular weight excluding hydrogens is 460 g/mol. The van der Waals surface area contributed by atoms with Crippen molar-refractivity contribution >= 4 is 17.5 Å². The van der Waals surface area contributed by atoms with Gasteiger partial charge in [-0.15, -0.1) is 0 Å². The number of benzene rings is 2. The lowest BCUT2D eigenvalue weighted by atomic mass is 10.0. The summed E-state index contributed by atoms with van der Waals surface area (Å²) in [4.78, 5) is 28.8. The fourth-order valence-electron chi connectivity index (χ4n) is 5.29. The van der Waals surface area contributed by atoms with Crippen LogP contribution in [-0.2, 0) is 22.4 Å². The number of carbonyl (C=O) groups is 2. The molecule has 2 aliphatic heterocycles. The number of Topliss-reactive ketones (excluding diaryl/α,β-unsaturated/α-hetero) is 1. The molecule has 0 radical (unpaired) electrons. The van der Waals surface area contributed by atoms with Crippen LogP contribution in [0.25, 0.3) is 0 Å². The fraction of sp³-hybridized carbons (Fsp3) is 0.321. The Bertz CT molecular complexity index is 1370. The van der Waals surface area contributed by atoms with Crippen LogP contribution < -0.4 is 24.3 Å². The summed E-state index contributed by atoms with van der Waals surface area (Å²) in [5, 5.41) is 2.80. The molecule has 1 aromatic heterocycles. The third kappa shape index (κ3) is 4.02. The van der Waals surface area contributed by atoms with Crippen LogP contribution in [0.2, 0.25) is 0 Å². The lowest BCUT2D eigenvalue weighted by Gasteiger charge is -2.19. The molecule has 8 nitrogen and oxygen atoms in total. The first-order chi connectivity index (χ1) is 17.5. The summed E-state index contributed by atoms with van der Waals surface area (Å²) in [5.41, 5.74) is 2.88. The average Bonchev–Trinajstić information content (AvgIpc) is 3.39. The molecular formula is C28H26N2O6. The first kappa shape index (κ1) is 22.4. The molecule has 6 rings (SSSR count). The Kier molecular flexibility index (Phi) is 5.51. The van der Waals surface area contributed by atoms with Gasteiger partial charge in [0.05, 0.1) is 14.2 Å². The third-order valence-corrected chi connectivity index (χ3v) is 7.11. The van der Waals surface area contributed by atoms with Crippen molar-refractivity contribution in [3.63, 3.8) is 0 Å². The van der Waals surface area contributed by atoms with Crippen LogP contribution in [0.1, 0.15) is 35.4 Å². The number of rotatable bonds is 8. The SMILES string of the molecule is COc1ccc(CC(=O)C[C@@H]2C3Oc4ccc(Oc5ccnc6c5CCC(=O)N6)cc4[C@H]32)cc1OC. The number of anilines is 1. The van der Waals surface area contributed by atoms with Gasteiger partial charge in [-0.3, -0.25) is 9.59 Å². The van der Waals surface area contributed by atoms with Crippen molar-refractivity contribution in [1.82, 2.24) is 4.98 Å². The number of hydrogen-bond acceptors (Lipinski definition) is 7. The maximum Gasteiger partial charge on any atom is 0.225 e. The molecule has 1 amide bonds. The standard InChI is InChI=1S/C28H26N2O6/c1-33-23-6-3-15(12-24(23)34-2)11-16(31)13-20-26-19-14-17(4-7-21(19)36-27(20)26)35-22-9-10-29-28-18(22)5-8-25(32)30-28/h3-4,6-7,9-10,12,14,20,26-27H,5,8,11,13H2,1-2H3,(H,29,30,32)/t20-,26-,27?/m0/s1. The summed E-state index contributed by atoms with van der Waals surface area (Å²) in [6.07, 6.45) is 3.48. The van der Waals surface area contributed by atoms with Crippen LogP contribution in [0.4, 0.5) is 5.82 Å². The number of ketones is 1. The number of hydrogen-bond donors (Lipinski definition) is 1. The van der Waals surface area contributed by atoms with Crippen LogP contribution in [0.5, 0.6) is 28.7 Å². The van der Waals surface area contributed by atoms with Gasteiger partial charge in [-0.25, -0.2) is 4.98 Å². The van der Waals surface area contributed by atoms with Gasteiger partial charge in [0.1, 0.15) is 35.0 Å². The largest absolute Gasteiger partial charge is 0.493 e. The molecule has 3 aliphatic rings. The number of nitrogens with zero attached hydrogens (tertiary/aromatic N) is 1. The first-order valence-corrected chi connectivity index (χ1v) is 12.0. The normalized spacial score (nSPS) is 20.8. The predicted molar refractivity (Wildman–Crippen MR) is 131 cm³/mol. The topological polar surface area (TPSA) is 96.0 Å². The van der Waals surface area contributed by atoms with Crippen LogP contribution in [0.3, 0.4) is 0 Å². The van der Waals surface area contributed by atoms with E-state index >= 15 is 0 Å². The fourth-order valence-corrected chi connectivity index (χ4v) is 5.29. The molecule has 2 aromatic carbocycles. The van der Waals surface area contributed by atoms with Gasteiger partial charge in [0.25, 0.3) is 0 Å². The minimum atomic E-state index is -0.0340. The summed E-state index contributed by atoms with van der Waals surface area (Å²) in [6, 6.07) is 13.2. The van der Waals surface area contributed by atoms with E-state index in [9.17, 15) is 9.59 Å². The van der Waals surface area contributed by atoms with E-state index in [1.807, 2.05) is 42.5 Å². The van der Waals surface area contributed by atoms with E-state index in [2.05, 4.69) is 10.3 Å². The van der Waals surface area contributed by atoms with E-state index in [1.54, 1.807) is 20.4 Å². The first-order valence-electron chi connectivity index (χ1n) is 12.0. The van der Waals surface area contributed by atoms with E-state index in [0.717, 1.165) is 22.4 Å². The molecule has 3 aromatic rings. The number of amides is 1. The van der Waals surface area contributed by atoms with Crippen molar-refractivity contribution in [3.05, 3.63) is 65.4 Å². The zero-order valence-electron chi connectivity index (χ0n) is 20.1. The van der Waals surface area contributed by atoms with E-state index in [4.69, 9.17) is 18.9 Å². The van der Waals surface area contributed by atoms with Crippen molar-refractivity contribution in [2.45, 2.75) is 37.7 Å². The zero-order chi connectivity index (χ0) is 24.8. The quantitative estimate of drug-likeness (QED) is 0.502. The summed E-state index contributed by atoms with van der Waals surface area (Å²) in [6.45, 7) is 0. The molecule has 0 bridgehead atoms. The molecule has 0 spiro atoms. The molecule has 36 heavy (non-hydrogen) atoms. The number of fused-ring (bicyclic) bond motifs is 4. The van der Waals surface area contributed by atoms with E-state index in [-0.39, 0.29) is 29.6 Å². The summed E-state index contributed by atoms with van der Waals surface area (Å²) >= 11 is 0. The molecule has 1 unspecified atom stereocenters. The Morgan fingerprint density at radius 3 is 2.75 bits per heavy atom. The third-order valence-electron chi connectivity index (χ3n) is 7.11. The highest BCUT2D eigenvalue weighted by Crippen LogP contribution is 2.60. The van der Waals surface area contributed by atoms with Gasteiger partial charge in [0, 0.05) is 48.4 Å². The Hall–Kier alpha value is -4.07. The molecule has 184 valence electrons. The van der Waals surface area contributed by atoms with Crippen molar-refractivity contribution in [1.29, 1.82) is 0 Å². The van der Waals surface area contributed by atoms with Crippen LogP contribution in [0.15, 0.2) is 48.7 Å². The average molecular weight is 487 g/mol. The maximum absolute atomic E-state index is 12.8. The number of pyridine rings is 1. The Balaban J connectivity index is 1.13. The zero-order valence-corrected chi connectivity index (χ0v) is 20.1. The number of methoxy groups -OCH3 is 2. The highest BCUT2D eigenvalue weighted by Gasteiger charge is 2.59. The number of carbonyl (C=O) groups excluding carboxylic acids is 2. The molecule has 0 saturated heterocycles. The maximum atomic E-state index is 12.8. The van der Waals surface area contributed by atoms with Gasteiger partial charge in [-0.1, -0.05) is 6.07 Å². The summed E-state index contributed by atoms with van der Waals surface area (Å²) in [7, 11) is 3.18. The number of ether oxygens (including phenoxy) is 4. The van der Waals surface area contributed by atoms with Gasteiger partial charge < -0.3 is 24.3 Å².